The molecule has 0 heterocycles. The van der Waals surface area contributed by atoms with Crippen LogP contribution in [0, 0.1) is 0 Å². The first-order valence-electron chi connectivity index (χ1n) is 5.84. The Morgan fingerprint density at radius 3 is 2.21 bits per heavy atom. The quantitative estimate of drug-likeness (QED) is 0.341. The van der Waals surface area contributed by atoms with Gasteiger partial charge >= 0.3 is 6.03 Å². The molecular formula is C12H19N5O2. The summed E-state index contributed by atoms with van der Waals surface area (Å²) in [6.45, 7) is 0.750. The largest absolute Gasteiger partial charge is 0.350 e. The van der Waals surface area contributed by atoms with Gasteiger partial charge in [-0.1, -0.05) is 0 Å². The fraction of sp³-hybridized carbons (Fsp3) is 0.333. The molecule has 0 radical (unpaired) electrons. The minimum atomic E-state index is -0.192. The number of anilines is 1. The molecule has 19 heavy (non-hydrogen) atoms. The molecule has 1 aromatic rings. The number of hydrazine groups is 1. The van der Waals surface area contributed by atoms with Crippen LogP contribution in [0.5, 0.6) is 0 Å². The van der Waals surface area contributed by atoms with E-state index in [1.165, 1.54) is 4.90 Å². The number of nitrogen functional groups attached to an aromatic ring is 1. The van der Waals surface area contributed by atoms with Crippen LogP contribution in [0.1, 0.15) is 10.4 Å². The summed E-state index contributed by atoms with van der Waals surface area (Å²) in [5.41, 5.74) is 3.76. The second-order valence-electron chi connectivity index (χ2n) is 4.10. The van der Waals surface area contributed by atoms with Crippen molar-refractivity contribution in [1.82, 2.24) is 15.5 Å². The second-order valence-corrected chi connectivity index (χ2v) is 4.10. The van der Waals surface area contributed by atoms with Crippen molar-refractivity contribution in [2.75, 3.05) is 32.6 Å². The first kappa shape index (κ1) is 14.8. The summed E-state index contributed by atoms with van der Waals surface area (Å²) in [4.78, 5) is 24.4. The first-order chi connectivity index (χ1) is 9.04. The number of nitrogens with zero attached hydrogens (tertiary/aromatic N) is 1. The molecule has 0 aliphatic heterocycles. The highest BCUT2D eigenvalue weighted by Gasteiger charge is 2.05. The molecule has 0 aromatic heterocycles. The summed E-state index contributed by atoms with van der Waals surface area (Å²) in [5.74, 6) is 5.04. The van der Waals surface area contributed by atoms with Gasteiger partial charge < -0.3 is 21.0 Å². The summed E-state index contributed by atoms with van der Waals surface area (Å²) < 4.78 is 0. The molecule has 0 aliphatic rings. The van der Waals surface area contributed by atoms with Crippen molar-refractivity contribution in [1.29, 1.82) is 0 Å². The standard InChI is InChI=1S/C12H19N5O2/c1-17(2)12(19)15-8-7-14-11(18)9-3-5-10(16-13)6-4-9/h3-6,16H,7-8,13H2,1-2H3,(H,14,18)(H,15,19). The molecule has 7 heteroatoms. The molecule has 0 unspecified atom stereocenters. The number of urea groups is 1. The zero-order chi connectivity index (χ0) is 14.3. The van der Waals surface area contributed by atoms with Gasteiger partial charge in [-0.25, -0.2) is 4.79 Å². The third-order valence-electron chi connectivity index (χ3n) is 2.41. The average molecular weight is 265 g/mol. The van der Waals surface area contributed by atoms with Crippen molar-refractivity contribution in [3.8, 4) is 0 Å². The first-order valence-corrected chi connectivity index (χ1v) is 5.84. The number of nitrogens with one attached hydrogen (secondary N) is 3. The molecule has 104 valence electrons. The van der Waals surface area contributed by atoms with E-state index in [4.69, 9.17) is 5.84 Å². The Morgan fingerprint density at radius 2 is 1.68 bits per heavy atom. The maximum Gasteiger partial charge on any atom is 0.316 e. The maximum atomic E-state index is 11.7. The van der Waals surface area contributed by atoms with Gasteiger partial charge in [-0.05, 0) is 24.3 Å². The fourth-order valence-electron chi connectivity index (χ4n) is 1.32. The molecule has 5 N–H and O–H groups in total. The van der Waals surface area contributed by atoms with Crippen LogP contribution in [-0.4, -0.2) is 44.0 Å². The van der Waals surface area contributed by atoms with E-state index in [-0.39, 0.29) is 11.9 Å². The van der Waals surface area contributed by atoms with Gasteiger partial charge in [0.2, 0.25) is 0 Å². The predicted octanol–water partition coefficient (Wildman–Crippen LogP) is -0.0268. The van der Waals surface area contributed by atoms with Gasteiger partial charge in [-0.3, -0.25) is 10.6 Å². The monoisotopic (exact) mass is 265 g/mol. The second kappa shape index (κ2) is 7.22. The molecule has 0 spiro atoms. The number of rotatable bonds is 5. The third kappa shape index (κ3) is 4.84. The van der Waals surface area contributed by atoms with E-state index in [0.29, 0.717) is 18.7 Å². The normalized spacial score (nSPS) is 9.63. The molecule has 0 saturated heterocycles. The molecule has 0 aliphatic carbocycles. The van der Waals surface area contributed by atoms with Crippen LogP contribution < -0.4 is 21.9 Å². The van der Waals surface area contributed by atoms with Crippen LogP contribution >= 0.6 is 0 Å². The zero-order valence-electron chi connectivity index (χ0n) is 11.1. The third-order valence-corrected chi connectivity index (χ3v) is 2.41. The van der Waals surface area contributed by atoms with Crippen molar-refractivity contribution < 1.29 is 9.59 Å². The lowest BCUT2D eigenvalue weighted by molar-refractivity contribution is 0.0953. The number of carbonyl (C=O) groups excluding carboxylic acids is 2. The van der Waals surface area contributed by atoms with Crippen LogP contribution in [0.2, 0.25) is 0 Å². The Labute approximate surface area is 112 Å². The topological polar surface area (TPSA) is 99.5 Å². The van der Waals surface area contributed by atoms with Gasteiger partial charge in [0.05, 0.1) is 0 Å². The van der Waals surface area contributed by atoms with Gasteiger partial charge in [0, 0.05) is 38.4 Å². The molecule has 1 aromatic carbocycles. The molecule has 1 rings (SSSR count). The van der Waals surface area contributed by atoms with Crippen molar-refractivity contribution in [3.63, 3.8) is 0 Å². The molecule has 0 atom stereocenters. The Hall–Kier alpha value is -2.28. The number of hydrogen-bond donors (Lipinski definition) is 4. The van der Waals surface area contributed by atoms with E-state index in [2.05, 4.69) is 16.1 Å². The molecule has 3 amide bonds. The van der Waals surface area contributed by atoms with Gasteiger partial charge in [0.25, 0.3) is 5.91 Å². The SMILES string of the molecule is CN(C)C(=O)NCCNC(=O)c1ccc(NN)cc1. The van der Waals surface area contributed by atoms with E-state index in [0.717, 1.165) is 5.69 Å². The van der Waals surface area contributed by atoms with Crippen molar-refractivity contribution in [2.45, 2.75) is 0 Å². The maximum absolute atomic E-state index is 11.7. The van der Waals surface area contributed by atoms with E-state index in [1.54, 1.807) is 38.4 Å². The fourth-order valence-corrected chi connectivity index (χ4v) is 1.32. The molecule has 0 bridgehead atoms. The highest BCUT2D eigenvalue weighted by molar-refractivity contribution is 5.94. The summed E-state index contributed by atoms with van der Waals surface area (Å²) in [6, 6.07) is 6.57. The molecule has 0 fully saturated rings. The van der Waals surface area contributed by atoms with Crippen LogP contribution in [0.15, 0.2) is 24.3 Å². The summed E-state index contributed by atoms with van der Waals surface area (Å²) >= 11 is 0. The summed E-state index contributed by atoms with van der Waals surface area (Å²) in [7, 11) is 3.31. The molecule has 0 saturated carbocycles. The Morgan fingerprint density at radius 1 is 1.11 bits per heavy atom. The van der Waals surface area contributed by atoms with Crippen LogP contribution in [0.25, 0.3) is 0 Å². The van der Waals surface area contributed by atoms with Gasteiger partial charge in [0.1, 0.15) is 0 Å². The highest BCUT2D eigenvalue weighted by atomic mass is 16.2. The van der Waals surface area contributed by atoms with Gasteiger partial charge in [-0.2, -0.15) is 0 Å². The number of benzene rings is 1. The highest BCUT2D eigenvalue weighted by Crippen LogP contribution is 2.07. The molecular weight excluding hydrogens is 246 g/mol. The van der Waals surface area contributed by atoms with Crippen LogP contribution in [-0.2, 0) is 0 Å². The smallest absolute Gasteiger partial charge is 0.316 e. The van der Waals surface area contributed by atoms with Crippen molar-refractivity contribution in [3.05, 3.63) is 29.8 Å². The lowest BCUT2D eigenvalue weighted by Gasteiger charge is -2.12. The van der Waals surface area contributed by atoms with Gasteiger partial charge in [-0.15, -0.1) is 0 Å². The lowest BCUT2D eigenvalue weighted by atomic mass is 10.2. The van der Waals surface area contributed by atoms with Crippen LogP contribution in [0.3, 0.4) is 0 Å². The minimum absolute atomic E-state index is 0.187. The lowest BCUT2D eigenvalue weighted by Crippen LogP contribution is -2.39. The minimum Gasteiger partial charge on any atom is -0.350 e. The Balaban J connectivity index is 2.33. The zero-order valence-corrected chi connectivity index (χ0v) is 11.1. The average Bonchev–Trinajstić information content (AvgIpc) is 2.43. The van der Waals surface area contributed by atoms with E-state index < -0.39 is 0 Å². The number of hydrogen-bond acceptors (Lipinski definition) is 4. The van der Waals surface area contributed by atoms with Crippen LogP contribution in [0.4, 0.5) is 10.5 Å². The van der Waals surface area contributed by atoms with Crippen molar-refractivity contribution >= 4 is 17.6 Å². The summed E-state index contributed by atoms with van der Waals surface area (Å²) in [6.07, 6.45) is 0. The Bertz CT molecular complexity index is 430. The van der Waals surface area contributed by atoms with E-state index in [1.807, 2.05) is 0 Å². The van der Waals surface area contributed by atoms with E-state index >= 15 is 0 Å². The number of carbonyl (C=O) groups is 2. The predicted molar refractivity (Wildman–Crippen MR) is 73.7 cm³/mol. The molecule has 7 nitrogen and oxygen atoms in total. The van der Waals surface area contributed by atoms with E-state index in [9.17, 15) is 9.59 Å². The summed E-state index contributed by atoms with van der Waals surface area (Å²) in [5, 5.41) is 5.36. The number of amides is 3. The van der Waals surface area contributed by atoms with Gasteiger partial charge in [0.15, 0.2) is 0 Å². The Kier molecular flexibility index (Phi) is 5.62. The number of nitrogens with two attached hydrogens (primary N) is 1. The van der Waals surface area contributed by atoms with Crippen molar-refractivity contribution in [2.24, 2.45) is 5.84 Å².